The van der Waals surface area contributed by atoms with E-state index in [1.54, 1.807) is 0 Å². The molecule has 0 aliphatic carbocycles. The lowest BCUT2D eigenvalue weighted by Gasteiger charge is -2.14. The van der Waals surface area contributed by atoms with Gasteiger partial charge >= 0.3 is 0 Å². The molecule has 1 heterocycles. The van der Waals surface area contributed by atoms with Crippen LogP contribution in [0.25, 0.3) is 85.5 Å². The van der Waals surface area contributed by atoms with Crippen LogP contribution in [0.5, 0.6) is 0 Å². The molecule has 0 radical (unpaired) electrons. The van der Waals surface area contributed by atoms with Gasteiger partial charge in [-0.05, 0) is 83.5 Å². The van der Waals surface area contributed by atoms with Crippen LogP contribution in [0.15, 0.2) is 133 Å². The molecule has 9 rings (SSSR count). The summed E-state index contributed by atoms with van der Waals surface area (Å²) in [4.78, 5) is 0. The molecule has 0 fully saturated rings. The first-order chi connectivity index (χ1) is 19.3. The zero-order chi connectivity index (χ0) is 25.5. The Labute approximate surface area is 229 Å². The second kappa shape index (κ2) is 7.89. The number of hydrogen-bond acceptors (Lipinski definition) is 1. The van der Waals surface area contributed by atoms with Gasteiger partial charge in [0.2, 0.25) is 0 Å². The third kappa shape index (κ3) is 3.11. The van der Waals surface area contributed by atoms with Gasteiger partial charge in [0.15, 0.2) is 0 Å². The SMILES string of the molecule is c1ccc2cc(-c3ccc4c(c3)sc3cc(-c5ccc6ccc7cccc8ccc5c6c78)ccc34)ccc2c1. The fourth-order valence-corrected chi connectivity index (χ4v) is 7.66. The van der Waals surface area contributed by atoms with E-state index in [1.165, 1.54) is 85.5 Å². The Morgan fingerprint density at radius 2 is 0.872 bits per heavy atom. The highest BCUT2D eigenvalue weighted by atomic mass is 32.1. The predicted octanol–water partition coefficient (Wildman–Crippen LogP) is 11.4. The standard InChI is InChI=1S/C38H22S/c1-2-5-27-20-28(11-8-23(27)4-1)29-14-17-32-33-18-15-30(22-36(33)39-35(32)21-29)31-16-12-26-10-9-24-6-3-7-25-13-19-34(31)38(26)37(24)25/h1-22H. The smallest absolute Gasteiger partial charge is 0.0361 e. The zero-order valence-electron chi connectivity index (χ0n) is 21.1. The molecular weight excluding hydrogens is 488 g/mol. The normalized spacial score (nSPS) is 12.1. The van der Waals surface area contributed by atoms with Crippen LogP contribution in [0.4, 0.5) is 0 Å². The summed E-state index contributed by atoms with van der Waals surface area (Å²) in [6.45, 7) is 0. The maximum Gasteiger partial charge on any atom is 0.0361 e. The topological polar surface area (TPSA) is 0 Å². The molecular formula is C38H22S. The first-order valence-electron chi connectivity index (χ1n) is 13.4. The maximum atomic E-state index is 2.39. The van der Waals surface area contributed by atoms with E-state index in [0.29, 0.717) is 0 Å². The van der Waals surface area contributed by atoms with Gasteiger partial charge in [0.05, 0.1) is 0 Å². The molecule has 1 aromatic heterocycles. The van der Waals surface area contributed by atoms with Crippen molar-refractivity contribution in [3.63, 3.8) is 0 Å². The average molecular weight is 511 g/mol. The fraction of sp³-hybridized carbons (Fsp3) is 0. The molecule has 39 heavy (non-hydrogen) atoms. The summed E-state index contributed by atoms with van der Waals surface area (Å²) in [7, 11) is 0. The second-order valence-electron chi connectivity index (χ2n) is 10.6. The summed E-state index contributed by atoms with van der Waals surface area (Å²) in [5.41, 5.74) is 5.12. The van der Waals surface area contributed by atoms with E-state index in [1.807, 2.05) is 11.3 Å². The molecule has 0 saturated heterocycles. The van der Waals surface area contributed by atoms with Crippen molar-refractivity contribution in [1.29, 1.82) is 0 Å². The molecule has 0 nitrogen and oxygen atoms in total. The van der Waals surface area contributed by atoms with Crippen molar-refractivity contribution in [2.75, 3.05) is 0 Å². The Morgan fingerprint density at radius 1 is 0.333 bits per heavy atom. The van der Waals surface area contributed by atoms with Crippen LogP contribution < -0.4 is 0 Å². The molecule has 0 saturated carbocycles. The quantitative estimate of drug-likeness (QED) is 0.203. The summed E-state index contributed by atoms with van der Waals surface area (Å²) in [5, 5.41) is 13.2. The van der Waals surface area contributed by atoms with E-state index in [-0.39, 0.29) is 0 Å². The van der Waals surface area contributed by atoms with Crippen LogP contribution in [0.3, 0.4) is 0 Å². The molecule has 1 heteroatoms. The first kappa shape index (κ1) is 21.2. The van der Waals surface area contributed by atoms with E-state index in [0.717, 1.165) is 0 Å². The summed E-state index contributed by atoms with van der Waals surface area (Å²) in [6, 6.07) is 49.6. The molecule has 180 valence electrons. The van der Waals surface area contributed by atoms with E-state index in [4.69, 9.17) is 0 Å². The Balaban J connectivity index is 1.21. The molecule has 0 aliphatic heterocycles. The minimum Gasteiger partial charge on any atom is -0.135 e. The van der Waals surface area contributed by atoms with Gasteiger partial charge in [0.25, 0.3) is 0 Å². The number of benzene rings is 8. The molecule has 0 bridgehead atoms. The van der Waals surface area contributed by atoms with Crippen molar-refractivity contribution in [2.45, 2.75) is 0 Å². The van der Waals surface area contributed by atoms with Crippen LogP contribution in [0.2, 0.25) is 0 Å². The fourth-order valence-electron chi connectivity index (χ4n) is 6.48. The third-order valence-corrected chi connectivity index (χ3v) is 9.51. The van der Waals surface area contributed by atoms with Gasteiger partial charge in [-0.1, -0.05) is 115 Å². The monoisotopic (exact) mass is 510 g/mol. The van der Waals surface area contributed by atoms with Gasteiger partial charge in [-0.3, -0.25) is 0 Å². The Kier molecular flexibility index (Phi) is 4.30. The minimum absolute atomic E-state index is 1.27. The molecule has 0 N–H and O–H groups in total. The summed E-state index contributed by atoms with van der Waals surface area (Å²) in [6.07, 6.45) is 0. The molecule has 0 amide bonds. The highest BCUT2D eigenvalue weighted by Gasteiger charge is 2.14. The lowest BCUT2D eigenvalue weighted by Crippen LogP contribution is -1.87. The molecule has 0 aliphatic rings. The lowest BCUT2D eigenvalue weighted by atomic mass is 9.90. The van der Waals surface area contributed by atoms with E-state index < -0.39 is 0 Å². The van der Waals surface area contributed by atoms with Crippen LogP contribution in [0.1, 0.15) is 0 Å². The molecule has 0 spiro atoms. The largest absolute Gasteiger partial charge is 0.135 e. The minimum atomic E-state index is 1.27. The highest BCUT2D eigenvalue weighted by Crippen LogP contribution is 2.42. The molecule has 0 atom stereocenters. The Morgan fingerprint density at radius 3 is 1.69 bits per heavy atom. The van der Waals surface area contributed by atoms with Crippen molar-refractivity contribution in [3.05, 3.63) is 133 Å². The van der Waals surface area contributed by atoms with Crippen LogP contribution in [-0.4, -0.2) is 0 Å². The number of thiophene rings is 1. The van der Waals surface area contributed by atoms with Crippen molar-refractivity contribution in [3.8, 4) is 22.3 Å². The zero-order valence-corrected chi connectivity index (χ0v) is 21.9. The Bertz CT molecular complexity index is 2370. The van der Waals surface area contributed by atoms with Gasteiger partial charge in [-0.15, -0.1) is 11.3 Å². The van der Waals surface area contributed by atoms with Gasteiger partial charge in [0, 0.05) is 20.2 Å². The van der Waals surface area contributed by atoms with Crippen LogP contribution in [-0.2, 0) is 0 Å². The van der Waals surface area contributed by atoms with Gasteiger partial charge in [-0.25, -0.2) is 0 Å². The summed E-state index contributed by atoms with van der Waals surface area (Å²) < 4.78 is 2.67. The van der Waals surface area contributed by atoms with Crippen LogP contribution in [0, 0.1) is 0 Å². The third-order valence-electron chi connectivity index (χ3n) is 8.40. The predicted molar refractivity (Wildman–Crippen MR) is 171 cm³/mol. The summed E-state index contributed by atoms with van der Waals surface area (Å²) >= 11 is 1.90. The first-order valence-corrected chi connectivity index (χ1v) is 14.2. The molecule has 9 aromatic rings. The Hall–Kier alpha value is -4.72. The van der Waals surface area contributed by atoms with Crippen molar-refractivity contribution < 1.29 is 0 Å². The lowest BCUT2D eigenvalue weighted by molar-refractivity contribution is 1.69. The summed E-state index contributed by atoms with van der Waals surface area (Å²) in [5.74, 6) is 0. The van der Waals surface area contributed by atoms with Gasteiger partial charge in [0.1, 0.15) is 0 Å². The number of fused-ring (bicyclic) bond motifs is 4. The average Bonchev–Trinajstić information content (AvgIpc) is 3.36. The van der Waals surface area contributed by atoms with E-state index in [2.05, 4.69) is 133 Å². The second-order valence-corrected chi connectivity index (χ2v) is 11.6. The van der Waals surface area contributed by atoms with Gasteiger partial charge in [-0.2, -0.15) is 0 Å². The molecule has 0 unspecified atom stereocenters. The van der Waals surface area contributed by atoms with E-state index >= 15 is 0 Å². The van der Waals surface area contributed by atoms with Crippen molar-refractivity contribution in [1.82, 2.24) is 0 Å². The van der Waals surface area contributed by atoms with Crippen LogP contribution >= 0.6 is 11.3 Å². The number of hydrogen-bond donors (Lipinski definition) is 0. The molecule has 8 aromatic carbocycles. The van der Waals surface area contributed by atoms with Crippen molar-refractivity contribution in [2.24, 2.45) is 0 Å². The number of rotatable bonds is 2. The highest BCUT2D eigenvalue weighted by molar-refractivity contribution is 7.25. The van der Waals surface area contributed by atoms with Crippen molar-refractivity contribution >= 4 is 74.6 Å². The van der Waals surface area contributed by atoms with E-state index in [9.17, 15) is 0 Å². The maximum absolute atomic E-state index is 2.39. The van der Waals surface area contributed by atoms with Gasteiger partial charge < -0.3 is 0 Å².